The van der Waals surface area contributed by atoms with Gasteiger partial charge in [0.2, 0.25) is 0 Å². The number of benzene rings is 1. The van der Waals surface area contributed by atoms with E-state index in [4.69, 9.17) is 4.74 Å². The maximum Gasteiger partial charge on any atom is 0.113 e. The first-order valence-electron chi connectivity index (χ1n) is 4.25. The standard InChI is InChI=1S/C11H12O/c1-2-6-10-11(12-10)9-7-4-3-5-8-9/h2-8,10-11H,1H3/b6-2+/t10-,11-/m1/s1. The summed E-state index contributed by atoms with van der Waals surface area (Å²) in [4.78, 5) is 0. The van der Waals surface area contributed by atoms with Crippen LogP contribution in [-0.2, 0) is 4.74 Å². The normalized spacial score (nSPS) is 27.8. The van der Waals surface area contributed by atoms with Crippen molar-refractivity contribution in [1.29, 1.82) is 0 Å². The maximum absolute atomic E-state index is 5.46. The van der Waals surface area contributed by atoms with Crippen molar-refractivity contribution >= 4 is 0 Å². The van der Waals surface area contributed by atoms with E-state index in [0.29, 0.717) is 12.2 Å². The summed E-state index contributed by atoms with van der Waals surface area (Å²) in [6.45, 7) is 2.02. The Bertz CT molecular complexity index is 276. The van der Waals surface area contributed by atoms with E-state index in [0.717, 1.165) is 0 Å². The van der Waals surface area contributed by atoms with Crippen LogP contribution in [0.3, 0.4) is 0 Å². The molecule has 1 nitrogen and oxygen atoms in total. The molecule has 1 aromatic rings. The number of allylic oxidation sites excluding steroid dienone is 1. The Labute approximate surface area is 72.7 Å². The van der Waals surface area contributed by atoms with E-state index < -0.39 is 0 Å². The van der Waals surface area contributed by atoms with Crippen molar-refractivity contribution in [2.45, 2.75) is 19.1 Å². The molecular formula is C11H12O. The van der Waals surface area contributed by atoms with E-state index in [-0.39, 0.29) is 0 Å². The molecule has 0 bridgehead atoms. The predicted molar refractivity (Wildman–Crippen MR) is 48.9 cm³/mol. The third kappa shape index (κ3) is 1.41. The Hall–Kier alpha value is -1.08. The highest BCUT2D eigenvalue weighted by molar-refractivity contribution is 5.24. The van der Waals surface area contributed by atoms with Crippen LogP contribution in [-0.4, -0.2) is 6.10 Å². The Morgan fingerprint density at radius 3 is 2.67 bits per heavy atom. The molecule has 1 heterocycles. The molecule has 1 aliphatic heterocycles. The summed E-state index contributed by atoms with van der Waals surface area (Å²) in [5.41, 5.74) is 1.28. The van der Waals surface area contributed by atoms with E-state index >= 15 is 0 Å². The van der Waals surface area contributed by atoms with E-state index in [9.17, 15) is 0 Å². The average Bonchev–Trinajstić information content (AvgIpc) is 2.87. The second-order valence-corrected chi connectivity index (χ2v) is 2.96. The van der Waals surface area contributed by atoms with Crippen molar-refractivity contribution in [2.24, 2.45) is 0 Å². The fourth-order valence-electron chi connectivity index (χ4n) is 1.37. The molecule has 1 heteroatoms. The molecule has 0 spiro atoms. The average molecular weight is 160 g/mol. The van der Waals surface area contributed by atoms with Gasteiger partial charge in [-0.05, 0) is 12.5 Å². The van der Waals surface area contributed by atoms with Gasteiger partial charge in [-0.25, -0.2) is 0 Å². The largest absolute Gasteiger partial charge is 0.360 e. The first-order valence-corrected chi connectivity index (χ1v) is 4.25. The highest BCUT2D eigenvalue weighted by atomic mass is 16.6. The van der Waals surface area contributed by atoms with Gasteiger partial charge in [-0.15, -0.1) is 0 Å². The quantitative estimate of drug-likeness (QED) is 0.478. The molecule has 0 radical (unpaired) electrons. The van der Waals surface area contributed by atoms with Crippen molar-refractivity contribution < 1.29 is 4.74 Å². The van der Waals surface area contributed by atoms with E-state index in [1.165, 1.54) is 5.56 Å². The van der Waals surface area contributed by atoms with Gasteiger partial charge in [0.1, 0.15) is 12.2 Å². The predicted octanol–water partition coefficient (Wildman–Crippen LogP) is 2.70. The monoisotopic (exact) mass is 160 g/mol. The van der Waals surface area contributed by atoms with Crippen LogP contribution in [0.25, 0.3) is 0 Å². The van der Waals surface area contributed by atoms with Gasteiger partial charge < -0.3 is 4.74 Å². The van der Waals surface area contributed by atoms with E-state index in [1.807, 2.05) is 31.2 Å². The second kappa shape index (κ2) is 3.11. The zero-order valence-electron chi connectivity index (χ0n) is 7.10. The minimum atomic E-state index is 0.308. The van der Waals surface area contributed by atoms with Gasteiger partial charge in [0.15, 0.2) is 0 Å². The summed E-state index contributed by atoms with van der Waals surface area (Å²) in [6.07, 6.45) is 4.76. The van der Waals surface area contributed by atoms with Gasteiger partial charge in [-0.3, -0.25) is 0 Å². The Morgan fingerprint density at radius 2 is 2.00 bits per heavy atom. The minimum Gasteiger partial charge on any atom is -0.360 e. The summed E-state index contributed by atoms with van der Waals surface area (Å²) >= 11 is 0. The fraction of sp³-hybridized carbons (Fsp3) is 0.273. The molecule has 0 amide bonds. The lowest BCUT2D eigenvalue weighted by molar-refractivity contribution is 0.394. The number of hydrogen-bond acceptors (Lipinski definition) is 1. The SMILES string of the molecule is C/C=C/[C@H]1O[C@@H]1c1ccccc1. The molecule has 1 aliphatic rings. The van der Waals surface area contributed by atoms with Crippen molar-refractivity contribution in [1.82, 2.24) is 0 Å². The van der Waals surface area contributed by atoms with Crippen LogP contribution in [0, 0.1) is 0 Å². The Morgan fingerprint density at radius 1 is 1.25 bits per heavy atom. The number of epoxide rings is 1. The van der Waals surface area contributed by atoms with Crippen LogP contribution in [0.2, 0.25) is 0 Å². The molecule has 0 aromatic heterocycles. The second-order valence-electron chi connectivity index (χ2n) is 2.96. The zero-order valence-corrected chi connectivity index (χ0v) is 7.10. The highest BCUT2D eigenvalue weighted by Gasteiger charge is 2.37. The molecular weight excluding hydrogens is 148 g/mol. The van der Waals surface area contributed by atoms with Crippen molar-refractivity contribution in [3.05, 3.63) is 48.0 Å². The Kier molecular flexibility index (Phi) is 1.96. The van der Waals surface area contributed by atoms with Crippen molar-refractivity contribution in [3.63, 3.8) is 0 Å². The summed E-state index contributed by atoms with van der Waals surface area (Å²) < 4.78 is 5.46. The van der Waals surface area contributed by atoms with Crippen molar-refractivity contribution in [3.8, 4) is 0 Å². The highest BCUT2D eigenvalue weighted by Crippen LogP contribution is 2.39. The molecule has 62 valence electrons. The number of rotatable bonds is 2. The van der Waals surface area contributed by atoms with E-state index in [1.54, 1.807) is 0 Å². The first-order chi connectivity index (χ1) is 5.92. The molecule has 12 heavy (non-hydrogen) atoms. The lowest BCUT2D eigenvalue weighted by atomic mass is 10.1. The number of hydrogen-bond donors (Lipinski definition) is 0. The van der Waals surface area contributed by atoms with Gasteiger partial charge >= 0.3 is 0 Å². The molecule has 0 N–H and O–H groups in total. The van der Waals surface area contributed by atoms with Gasteiger partial charge in [-0.1, -0.05) is 42.5 Å². The van der Waals surface area contributed by atoms with Crippen LogP contribution in [0.15, 0.2) is 42.5 Å². The Balaban J connectivity index is 2.06. The molecule has 1 saturated heterocycles. The first kappa shape index (κ1) is 7.56. The van der Waals surface area contributed by atoms with Gasteiger partial charge in [0, 0.05) is 0 Å². The van der Waals surface area contributed by atoms with Crippen LogP contribution < -0.4 is 0 Å². The topological polar surface area (TPSA) is 12.5 Å². The van der Waals surface area contributed by atoms with Crippen LogP contribution in [0.5, 0.6) is 0 Å². The maximum atomic E-state index is 5.46. The molecule has 2 atom stereocenters. The van der Waals surface area contributed by atoms with E-state index in [2.05, 4.69) is 18.2 Å². The molecule has 0 aliphatic carbocycles. The molecule has 1 fully saturated rings. The smallest absolute Gasteiger partial charge is 0.113 e. The van der Waals surface area contributed by atoms with Crippen LogP contribution in [0.4, 0.5) is 0 Å². The third-order valence-corrected chi connectivity index (χ3v) is 2.04. The summed E-state index contributed by atoms with van der Waals surface area (Å²) in [6, 6.07) is 10.3. The minimum absolute atomic E-state index is 0.308. The molecule has 1 aromatic carbocycles. The molecule has 0 unspecified atom stereocenters. The van der Waals surface area contributed by atoms with Gasteiger partial charge in [0.25, 0.3) is 0 Å². The lowest BCUT2D eigenvalue weighted by Gasteiger charge is -1.91. The fourth-order valence-corrected chi connectivity index (χ4v) is 1.37. The third-order valence-electron chi connectivity index (χ3n) is 2.04. The van der Waals surface area contributed by atoms with Crippen LogP contribution in [0.1, 0.15) is 18.6 Å². The number of ether oxygens (including phenoxy) is 1. The van der Waals surface area contributed by atoms with Gasteiger partial charge in [0.05, 0.1) is 0 Å². The molecule has 2 rings (SSSR count). The zero-order chi connectivity index (χ0) is 8.39. The molecule has 0 saturated carbocycles. The summed E-state index contributed by atoms with van der Waals surface area (Å²) in [5, 5.41) is 0. The summed E-state index contributed by atoms with van der Waals surface area (Å²) in [5.74, 6) is 0. The lowest BCUT2D eigenvalue weighted by Crippen LogP contribution is -1.82. The van der Waals surface area contributed by atoms with Crippen molar-refractivity contribution in [2.75, 3.05) is 0 Å². The van der Waals surface area contributed by atoms with Crippen LogP contribution >= 0.6 is 0 Å². The van der Waals surface area contributed by atoms with Gasteiger partial charge in [-0.2, -0.15) is 0 Å². The summed E-state index contributed by atoms with van der Waals surface area (Å²) in [7, 11) is 0.